The highest BCUT2D eigenvalue weighted by atomic mass is 32.1. The molecule has 0 aliphatic heterocycles. The summed E-state index contributed by atoms with van der Waals surface area (Å²) in [6, 6.07) is 4.38. The van der Waals surface area contributed by atoms with Crippen LogP contribution in [0.4, 0.5) is 0 Å². The normalized spacial score (nSPS) is 11.9. The first-order valence-electron chi connectivity index (χ1n) is 5.87. The minimum absolute atomic E-state index is 0.416. The molecule has 0 unspecified atom stereocenters. The van der Waals surface area contributed by atoms with Crippen LogP contribution in [-0.2, 0) is 6.42 Å². The molecule has 0 atom stereocenters. The van der Waals surface area contributed by atoms with Crippen LogP contribution in [0.25, 0.3) is 0 Å². The fraction of sp³-hybridized carbons (Fsp3) is 0.692. The van der Waals surface area contributed by atoms with E-state index < -0.39 is 0 Å². The maximum Gasteiger partial charge on any atom is 0.00454 e. The van der Waals surface area contributed by atoms with Crippen LogP contribution in [0.3, 0.4) is 0 Å². The number of hydrogen-bond acceptors (Lipinski definition) is 2. The van der Waals surface area contributed by atoms with Gasteiger partial charge in [-0.25, -0.2) is 0 Å². The van der Waals surface area contributed by atoms with Gasteiger partial charge in [-0.3, -0.25) is 0 Å². The Labute approximate surface area is 97.9 Å². The summed E-state index contributed by atoms with van der Waals surface area (Å²) in [6.45, 7) is 9.19. The van der Waals surface area contributed by atoms with Crippen molar-refractivity contribution in [2.45, 2.75) is 40.0 Å². The summed E-state index contributed by atoms with van der Waals surface area (Å²) in [5.74, 6) is 0. The Balaban J connectivity index is 2.23. The van der Waals surface area contributed by atoms with Crippen LogP contribution in [-0.4, -0.2) is 13.1 Å². The van der Waals surface area contributed by atoms with E-state index >= 15 is 0 Å². The first kappa shape index (κ1) is 12.7. The lowest BCUT2D eigenvalue weighted by Gasteiger charge is -2.24. The molecule has 0 fully saturated rings. The van der Waals surface area contributed by atoms with E-state index in [9.17, 15) is 0 Å². The highest BCUT2D eigenvalue weighted by Crippen LogP contribution is 2.23. The summed E-state index contributed by atoms with van der Waals surface area (Å²) in [7, 11) is 0. The third-order valence-corrected chi connectivity index (χ3v) is 3.59. The average molecular weight is 225 g/mol. The highest BCUT2D eigenvalue weighted by molar-refractivity contribution is 7.09. The molecule has 0 radical (unpaired) electrons. The fourth-order valence-electron chi connectivity index (χ4n) is 1.61. The van der Waals surface area contributed by atoms with Crippen molar-refractivity contribution in [2.75, 3.05) is 13.1 Å². The van der Waals surface area contributed by atoms with Gasteiger partial charge in [0, 0.05) is 11.4 Å². The summed E-state index contributed by atoms with van der Waals surface area (Å²) in [4.78, 5) is 1.51. The molecular weight excluding hydrogens is 202 g/mol. The Bertz CT molecular complexity index is 252. The molecule has 0 amide bonds. The average Bonchev–Trinajstić information content (AvgIpc) is 2.68. The van der Waals surface area contributed by atoms with E-state index in [1.165, 1.54) is 24.1 Å². The lowest BCUT2D eigenvalue weighted by Crippen LogP contribution is -2.30. The van der Waals surface area contributed by atoms with Crippen LogP contribution >= 0.6 is 11.3 Å². The summed E-state index contributed by atoms with van der Waals surface area (Å²) in [5.41, 5.74) is 0.416. The Morgan fingerprint density at radius 1 is 1.40 bits per heavy atom. The summed E-state index contributed by atoms with van der Waals surface area (Å²) in [5, 5.41) is 5.67. The first-order valence-corrected chi connectivity index (χ1v) is 6.75. The maximum atomic E-state index is 3.51. The van der Waals surface area contributed by atoms with Crippen LogP contribution in [0.15, 0.2) is 17.5 Å². The number of aryl methyl sites for hydroxylation is 1. The second-order valence-electron chi connectivity index (χ2n) is 4.92. The highest BCUT2D eigenvalue weighted by Gasteiger charge is 2.16. The predicted molar refractivity (Wildman–Crippen MR) is 69.6 cm³/mol. The predicted octanol–water partition coefficient (Wildman–Crippen LogP) is 3.71. The van der Waals surface area contributed by atoms with Crippen LogP contribution < -0.4 is 5.32 Å². The molecule has 1 aromatic heterocycles. The molecule has 0 aromatic carbocycles. The van der Waals surface area contributed by atoms with Crippen molar-refractivity contribution >= 4 is 11.3 Å². The van der Waals surface area contributed by atoms with Crippen molar-refractivity contribution < 1.29 is 0 Å². The van der Waals surface area contributed by atoms with Gasteiger partial charge in [-0.1, -0.05) is 26.8 Å². The third kappa shape index (κ3) is 5.33. The van der Waals surface area contributed by atoms with E-state index in [-0.39, 0.29) is 0 Å². The SMILES string of the molecule is CCCNCC(C)(C)CCc1cccs1. The Morgan fingerprint density at radius 2 is 2.20 bits per heavy atom. The zero-order chi connectivity index (χ0) is 11.1. The van der Waals surface area contributed by atoms with Gasteiger partial charge in [0.05, 0.1) is 0 Å². The van der Waals surface area contributed by atoms with Crippen molar-refractivity contribution in [2.24, 2.45) is 5.41 Å². The monoisotopic (exact) mass is 225 g/mol. The molecule has 1 nitrogen and oxygen atoms in total. The van der Waals surface area contributed by atoms with E-state index in [0.29, 0.717) is 5.41 Å². The quantitative estimate of drug-likeness (QED) is 0.698. The second kappa shape index (κ2) is 6.29. The van der Waals surface area contributed by atoms with Crippen molar-refractivity contribution in [3.05, 3.63) is 22.4 Å². The number of thiophene rings is 1. The van der Waals surface area contributed by atoms with Gasteiger partial charge < -0.3 is 5.32 Å². The zero-order valence-electron chi connectivity index (χ0n) is 10.2. The number of nitrogens with one attached hydrogen (secondary N) is 1. The van der Waals surface area contributed by atoms with Crippen LogP contribution in [0.5, 0.6) is 0 Å². The van der Waals surface area contributed by atoms with Gasteiger partial charge in [0.15, 0.2) is 0 Å². The molecule has 0 aliphatic carbocycles. The molecule has 0 saturated carbocycles. The van der Waals surface area contributed by atoms with E-state index in [1.807, 2.05) is 11.3 Å². The molecule has 0 saturated heterocycles. The molecule has 1 heterocycles. The van der Waals surface area contributed by atoms with E-state index in [0.717, 1.165) is 13.1 Å². The van der Waals surface area contributed by atoms with E-state index in [4.69, 9.17) is 0 Å². The van der Waals surface area contributed by atoms with Gasteiger partial charge >= 0.3 is 0 Å². The summed E-state index contributed by atoms with van der Waals surface area (Å²) in [6.07, 6.45) is 3.71. The van der Waals surface area contributed by atoms with Crippen molar-refractivity contribution in [1.29, 1.82) is 0 Å². The molecule has 2 heteroatoms. The molecule has 1 rings (SSSR count). The fourth-order valence-corrected chi connectivity index (χ4v) is 2.32. The minimum Gasteiger partial charge on any atom is -0.316 e. The van der Waals surface area contributed by atoms with Crippen LogP contribution in [0.2, 0.25) is 0 Å². The van der Waals surface area contributed by atoms with Crippen LogP contribution in [0.1, 0.15) is 38.5 Å². The van der Waals surface area contributed by atoms with Gasteiger partial charge in [0.25, 0.3) is 0 Å². The number of hydrogen-bond donors (Lipinski definition) is 1. The van der Waals surface area contributed by atoms with E-state index in [1.54, 1.807) is 0 Å². The van der Waals surface area contributed by atoms with Gasteiger partial charge in [-0.2, -0.15) is 0 Å². The molecule has 1 N–H and O–H groups in total. The van der Waals surface area contributed by atoms with Gasteiger partial charge in [-0.15, -0.1) is 11.3 Å². The smallest absolute Gasteiger partial charge is 0.00454 e. The lowest BCUT2D eigenvalue weighted by atomic mass is 9.87. The second-order valence-corrected chi connectivity index (χ2v) is 5.95. The first-order chi connectivity index (χ1) is 7.14. The van der Waals surface area contributed by atoms with E-state index in [2.05, 4.69) is 43.6 Å². The summed E-state index contributed by atoms with van der Waals surface area (Å²) >= 11 is 1.87. The summed E-state index contributed by atoms with van der Waals surface area (Å²) < 4.78 is 0. The lowest BCUT2D eigenvalue weighted by molar-refractivity contribution is 0.316. The largest absolute Gasteiger partial charge is 0.316 e. The van der Waals surface area contributed by atoms with Gasteiger partial charge in [0.2, 0.25) is 0 Å². The third-order valence-electron chi connectivity index (χ3n) is 2.66. The molecular formula is C13H23NS. The molecule has 1 aromatic rings. The molecule has 15 heavy (non-hydrogen) atoms. The Morgan fingerprint density at radius 3 is 2.80 bits per heavy atom. The van der Waals surface area contributed by atoms with Crippen molar-refractivity contribution in [3.63, 3.8) is 0 Å². The van der Waals surface area contributed by atoms with Crippen LogP contribution in [0, 0.1) is 5.41 Å². The van der Waals surface area contributed by atoms with Gasteiger partial charge in [0.1, 0.15) is 0 Å². The molecule has 86 valence electrons. The number of rotatable bonds is 7. The zero-order valence-corrected chi connectivity index (χ0v) is 11.0. The Hall–Kier alpha value is -0.340. The topological polar surface area (TPSA) is 12.0 Å². The maximum absolute atomic E-state index is 3.51. The molecule has 0 spiro atoms. The standard InChI is InChI=1S/C13H23NS/c1-4-9-14-11-13(2,3)8-7-12-6-5-10-15-12/h5-6,10,14H,4,7-9,11H2,1-3H3. The van der Waals surface area contributed by atoms with Crippen molar-refractivity contribution in [1.82, 2.24) is 5.32 Å². The van der Waals surface area contributed by atoms with Gasteiger partial charge in [-0.05, 0) is 42.7 Å². The molecule has 0 bridgehead atoms. The van der Waals surface area contributed by atoms with Crippen molar-refractivity contribution in [3.8, 4) is 0 Å². The Kier molecular flexibility index (Phi) is 5.34. The minimum atomic E-state index is 0.416. The molecule has 0 aliphatic rings.